The van der Waals surface area contributed by atoms with Gasteiger partial charge in [-0.3, -0.25) is 9.69 Å². The average molecular weight is 385 g/mol. The summed E-state index contributed by atoms with van der Waals surface area (Å²) in [6, 6.07) is 10.5. The molecule has 1 N–H and O–H groups in total. The highest BCUT2D eigenvalue weighted by Gasteiger charge is 2.24. The van der Waals surface area contributed by atoms with E-state index in [0.29, 0.717) is 25.3 Å². The number of rotatable bonds is 5. The molecule has 1 amide bonds. The van der Waals surface area contributed by atoms with E-state index < -0.39 is 0 Å². The van der Waals surface area contributed by atoms with Crippen LogP contribution >= 0.6 is 11.3 Å². The van der Waals surface area contributed by atoms with Crippen molar-refractivity contribution in [3.8, 4) is 10.7 Å². The van der Waals surface area contributed by atoms with E-state index in [-0.39, 0.29) is 12.5 Å². The lowest BCUT2D eigenvalue weighted by molar-refractivity contribution is 0.0610. The van der Waals surface area contributed by atoms with Gasteiger partial charge in [-0.25, -0.2) is 4.98 Å². The number of hydrogen-bond donors (Lipinski definition) is 1. The molecule has 3 heterocycles. The van der Waals surface area contributed by atoms with Gasteiger partial charge in [0.15, 0.2) is 0 Å². The summed E-state index contributed by atoms with van der Waals surface area (Å²) >= 11 is 1.53. The van der Waals surface area contributed by atoms with E-state index in [0.717, 1.165) is 30.3 Å². The zero-order valence-corrected chi connectivity index (χ0v) is 16.3. The third kappa shape index (κ3) is 3.50. The third-order valence-electron chi connectivity index (χ3n) is 5.14. The van der Waals surface area contributed by atoms with E-state index in [9.17, 15) is 4.79 Å². The first kappa shape index (κ1) is 18.2. The monoisotopic (exact) mass is 384 g/mol. The molecule has 142 valence electrons. The van der Waals surface area contributed by atoms with Gasteiger partial charge in [0.1, 0.15) is 10.7 Å². The first-order valence-electron chi connectivity index (χ1n) is 9.38. The molecule has 27 heavy (non-hydrogen) atoms. The summed E-state index contributed by atoms with van der Waals surface area (Å²) in [6.07, 6.45) is 0. The Hall–Kier alpha value is -2.22. The fourth-order valence-electron chi connectivity index (χ4n) is 3.70. The number of aryl methyl sites for hydroxylation is 1. The minimum absolute atomic E-state index is 0.000285. The molecule has 1 aromatic carbocycles. The van der Waals surface area contributed by atoms with Gasteiger partial charge in [-0.15, -0.1) is 11.3 Å². The van der Waals surface area contributed by atoms with E-state index in [2.05, 4.69) is 39.6 Å². The van der Waals surface area contributed by atoms with Crippen LogP contribution in [0.3, 0.4) is 0 Å². The van der Waals surface area contributed by atoms with Gasteiger partial charge in [-0.1, -0.05) is 18.2 Å². The molecule has 2 aromatic heterocycles. The highest BCUT2D eigenvalue weighted by molar-refractivity contribution is 7.13. The second-order valence-electron chi connectivity index (χ2n) is 6.73. The van der Waals surface area contributed by atoms with Crippen LogP contribution in [0.2, 0.25) is 0 Å². The predicted molar refractivity (Wildman–Crippen MR) is 108 cm³/mol. The molecule has 0 saturated carbocycles. The standard InChI is InChI=1S/C20H24N4O2S/c1-2-24-17-6-4-3-5-15(17)13-18(24)19-21-16(14-27-19)20(26)23-9-7-22(8-10-23)11-12-25/h3-6,13-14,25H,2,7-12H2,1H3. The number of carbonyl (C=O) groups excluding carboxylic acids is 1. The van der Waals surface area contributed by atoms with Crippen LogP contribution in [0.4, 0.5) is 0 Å². The smallest absolute Gasteiger partial charge is 0.273 e. The van der Waals surface area contributed by atoms with E-state index in [1.54, 1.807) is 0 Å². The third-order valence-corrected chi connectivity index (χ3v) is 6.01. The van der Waals surface area contributed by atoms with Crippen LogP contribution < -0.4 is 0 Å². The molecule has 0 radical (unpaired) electrons. The van der Waals surface area contributed by atoms with E-state index in [1.807, 2.05) is 22.4 Å². The summed E-state index contributed by atoms with van der Waals surface area (Å²) in [5.74, 6) is 0.000285. The van der Waals surface area contributed by atoms with Crippen molar-refractivity contribution in [2.75, 3.05) is 39.3 Å². The molecule has 4 rings (SSSR count). The van der Waals surface area contributed by atoms with Gasteiger partial charge < -0.3 is 14.6 Å². The number of hydrogen-bond acceptors (Lipinski definition) is 5. The van der Waals surface area contributed by atoms with Crippen LogP contribution in [0.15, 0.2) is 35.7 Å². The van der Waals surface area contributed by atoms with Gasteiger partial charge in [0.05, 0.1) is 12.3 Å². The largest absolute Gasteiger partial charge is 0.395 e. The average Bonchev–Trinajstić information content (AvgIpc) is 3.32. The van der Waals surface area contributed by atoms with Gasteiger partial charge in [-0.2, -0.15) is 0 Å². The Morgan fingerprint density at radius 3 is 2.74 bits per heavy atom. The zero-order valence-electron chi connectivity index (χ0n) is 15.5. The van der Waals surface area contributed by atoms with Gasteiger partial charge in [0, 0.05) is 55.6 Å². The summed E-state index contributed by atoms with van der Waals surface area (Å²) < 4.78 is 2.25. The maximum absolute atomic E-state index is 12.8. The van der Waals surface area contributed by atoms with Gasteiger partial charge in [-0.05, 0) is 19.1 Å². The van der Waals surface area contributed by atoms with Crippen molar-refractivity contribution in [2.45, 2.75) is 13.5 Å². The number of carbonyl (C=O) groups is 1. The number of aromatic nitrogens is 2. The molecular formula is C20H24N4O2S. The van der Waals surface area contributed by atoms with Gasteiger partial charge >= 0.3 is 0 Å². The number of β-amino-alcohol motifs (C(OH)–C–C–N with tert-alkyl or cyclic N) is 1. The Morgan fingerprint density at radius 1 is 1.22 bits per heavy atom. The van der Waals surface area contributed by atoms with Crippen molar-refractivity contribution >= 4 is 28.1 Å². The highest BCUT2D eigenvalue weighted by atomic mass is 32.1. The number of amides is 1. The Morgan fingerprint density at radius 2 is 2.00 bits per heavy atom. The Labute approximate surface area is 162 Å². The van der Waals surface area contributed by atoms with Gasteiger partial charge in [0.2, 0.25) is 0 Å². The number of para-hydroxylation sites is 1. The highest BCUT2D eigenvalue weighted by Crippen LogP contribution is 2.30. The zero-order chi connectivity index (χ0) is 18.8. The molecule has 1 aliphatic rings. The molecule has 0 bridgehead atoms. The molecule has 0 spiro atoms. The summed E-state index contributed by atoms with van der Waals surface area (Å²) in [5.41, 5.74) is 2.78. The Balaban J connectivity index is 1.55. The molecule has 0 aliphatic carbocycles. The summed E-state index contributed by atoms with van der Waals surface area (Å²) in [5, 5.41) is 13.0. The van der Waals surface area contributed by atoms with Crippen LogP contribution in [0.25, 0.3) is 21.6 Å². The van der Waals surface area contributed by atoms with Crippen molar-refractivity contribution in [3.05, 3.63) is 41.4 Å². The maximum atomic E-state index is 12.8. The molecule has 1 fully saturated rings. The van der Waals surface area contributed by atoms with E-state index in [1.165, 1.54) is 22.2 Å². The van der Waals surface area contributed by atoms with Crippen molar-refractivity contribution in [3.63, 3.8) is 0 Å². The Bertz CT molecular complexity index is 941. The number of benzene rings is 1. The predicted octanol–water partition coefficient (Wildman–Crippen LogP) is 2.53. The second kappa shape index (κ2) is 7.80. The number of thiazole rings is 1. The van der Waals surface area contributed by atoms with Crippen LogP contribution in [0.5, 0.6) is 0 Å². The molecule has 3 aromatic rings. The quantitative estimate of drug-likeness (QED) is 0.734. The fraction of sp³-hybridized carbons (Fsp3) is 0.400. The minimum Gasteiger partial charge on any atom is -0.395 e. The molecular weight excluding hydrogens is 360 g/mol. The molecule has 0 unspecified atom stereocenters. The molecule has 1 saturated heterocycles. The molecule has 6 nitrogen and oxygen atoms in total. The molecule has 1 aliphatic heterocycles. The second-order valence-corrected chi connectivity index (χ2v) is 7.59. The summed E-state index contributed by atoms with van der Waals surface area (Å²) in [7, 11) is 0. The minimum atomic E-state index is 0.000285. The van der Waals surface area contributed by atoms with Crippen molar-refractivity contribution in [1.29, 1.82) is 0 Å². The van der Waals surface area contributed by atoms with E-state index in [4.69, 9.17) is 5.11 Å². The van der Waals surface area contributed by atoms with Crippen LogP contribution in [0.1, 0.15) is 17.4 Å². The number of fused-ring (bicyclic) bond motifs is 1. The fourth-order valence-corrected chi connectivity index (χ4v) is 4.51. The normalized spacial score (nSPS) is 15.6. The maximum Gasteiger partial charge on any atom is 0.273 e. The first-order chi connectivity index (χ1) is 13.2. The van der Waals surface area contributed by atoms with Crippen LogP contribution in [-0.2, 0) is 6.54 Å². The van der Waals surface area contributed by atoms with Crippen molar-refractivity contribution in [2.24, 2.45) is 0 Å². The van der Waals surface area contributed by atoms with Crippen LogP contribution in [0, 0.1) is 0 Å². The lowest BCUT2D eigenvalue weighted by atomic mass is 10.2. The SMILES string of the molecule is CCn1c(-c2nc(C(=O)N3CCN(CCO)CC3)cs2)cc2ccccc21. The summed E-state index contributed by atoms with van der Waals surface area (Å²) in [4.78, 5) is 21.5. The number of nitrogens with zero attached hydrogens (tertiary/aromatic N) is 4. The summed E-state index contributed by atoms with van der Waals surface area (Å²) in [6.45, 7) is 6.78. The first-order valence-corrected chi connectivity index (χ1v) is 10.3. The lowest BCUT2D eigenvalue weighted by Crippen LogP contribution is -2.49. The van der Waals surface area contributed by atoms with Crippen LogP contribution in [-0.4, -0.2) is 69.7 Å². The van der Waals surface area contributed by atoms with Crippen molar-refractivity contribution in [1.82, 2.24) is 19.4 Å². The van der Waals surface area contributed by atoms with E-state index >= 15 is 0 Å². The van der Waals surface area contributed by atoms with Crippen molar-refractivity contribution < 1.29 is 9.90 Å². The molecule has 7 heteroatoms. The van der Waals surface area contributed by atoms with Gasteiger partial charge in [0.25, 0.3) is 5.91 Å². The number of aliphatic hydroxyl groups is 1. The Kier molecular flexibility index (Phi) is 5.24. The number of aliphatic hydroxyl groups excluding tert-OH is 1. The molecule has 0 atom stereocenters. The topological polar surface area (TPSA) is 61.6 Å². The lowest BCUT2D eigenvalue weighted by Gasteiger charge is -2.33. The number of piperazine rings is 1.